The average Bonchev–Trinajstić information content (AvgIpc) is 2.93. The summed E-state index contributed by atoms with van der Waals surface area (Å²) in [7, 11) is 0. The molecule has 0 aliphatic carbocycles. The first-order valence-corrected chi connectivity index (χ1v) is 7.38. The number of nitrogens with two attached hydrogens (primary N) is 1. The van der Waals surface area contributed by atoms with E-state index in [1.165, 1.54) is 18.6 Å². The van der Waals surface area contributed by atoms with Gasteiger partial charge < -0.3 is 10.6 Å². The Morgan fingerprint density at radius 2 is 2.00 bits per heavy atom. The number of alkyl halides is 3. The molecule has 2 aliphatic rings. The van der Waals surface area contributed by atoms with Crippen molar-refractivity contribution in [2.45, 2.75) is 31.6 Å². The van der Waals surface area contributed by atoms with E-state index in [9.17, 15) is 13.2 Å². The molecule has 0 amide bonds. The molecule has 3 rings (SSSR count). The molecule has 1 atom stereocenters. The predicted molar refractivity (Wildman–Crippen MR) is 76.1 cm³/mol. The molecule has 1 unspecified atom stereocenters. The average molecular weight is 299 g/mol. The molecule has 0 spiro atoms. The SMILES string of the molecule is NCc1ccc(N2CCN3CCCC3C2)cc1C(F)(F)F. The molecule has 21 heavy (non-hydrogen) atoms. The van der Waals surface area contributed by atoms with Crippen LogP contribution in [0.15, 0.2) is 18.2 Å². The van der Waals surface area contributed by atoms with Gasteiger partial charge in [0, 0.05) is 37.9 Å². The Kier molecular flexibility index (Phi) is 3.84. The third-order valence-electron chi connectivity index (χ3n) is 4.57. The number of hydrogen-bond donors (Lipinski definition) is 1. The van der Waals surface area contributed by atoms with Gasteiger partial charge in [-0.3, -0.25) is 4.90 Å². The highest BCUT2D eigenvalue weighted by Gasteiger charge is 2.35. The predicted octanol–water partition coefficient (Wildman–Crippen LogP) is 2.45. The molecule has 2 fully saturated rings. The summed E-state index contributed by atoms with van der Waals surface area (Å²) >= 11 is 0. The highest BCUT2D eigenvalue weighted by Crippen LogP contribution is 2.35. The van der Waals surface area contributed by atoms with Gasteiger partial charge >= 0.3 is 6.18 Å². The lowest BCUT2D eigenvalue weighted by Crippen LogP contribution is -2.50. The van der Waals surface area contributed by atoms with E-state index in [1.54, 1.807) is 6.07 Å². The molecule has 0 saturated carbocycles. The fourth-order valence-corrected chi connectivity index (χ4v) is 3.43. The van der Waals surface area contributed by atoms with Gasteiger partial charge in [-0.2, -0.15) is 13.2 Å². The van der Waals surface area contributed by atoms with E-state index in [-0.39, 0.29) is 12.1 Å². The fourth-order valence-electron chi connectivity index (χ4n) is 3.43. The summed E-state index contributed by atoms with van der Waals surface area (Å²) in [6, 6.07) is 5.02. The minimum Gasteiger partial charge on any atom is -0.369 e. The van der Waals surface area contributed by atoms with Gasteiger partial charge in [-0.05, 0) is 37.1 Å². The molecule has 0 bridgehead atoms. The summed E-state index contributed by atoms with van der Waals surface area (Å²) in [6.45, 7) is 3.57. The third kappa shape index (κ3) is 2.87. The number of nitrogens with zero attached hydrogens (tertiary/aromatic N) is 2. The molecule has 2 aliphatic heterocycles. The van der Waals surface area contributed by atoms with Crippen molar-refractivity contribution in [1.29, 1.82) is 0 Å². The summed E-state index contributed by atoms with van der Waals surface area (Å²) < 4.78 is 39.3. The van der Waals surface area contributed by atoms with Crippen LogP contribution < -0.4 is 10.6 Å². The topological polar surface area (TPSA) is 32.5 Å². The quantitative estimate of drug-likeness (QED) is 0.910. The lowest BCUT2D eigenvalue weighted by atomic mass is 10.0. The van der Waals surface area contributed by atoms with Gasteiger partial charge in [0.15, 0.2) is 0 Å². The Labute approximate surface area is 122 Å². The van der Waals surface area contributed by atoms with Crippen LogP contribution in [0.4, 0.5) is 18.9 Å². The number of benzene rings is 1. The van der Waals surface area contributed by atoms with E-state index >= 15 is 0 Å². The number of fused-ring (bicyclic) bond motifs is 1. The maximum Gasteiger partial charge on any atom is 0.416 e. The first-order chi connectivity index (χ1) is 9.99. The minimum atomic E-state index is -4.35. The van der Waals surface area contributed by atoms with Crippen LogP contribution in [0.2, 0.25) is 0 Å². The van der Waals surface area contributed by atoms with Crippen molar-refractivity contribution in [3.8, 4) is 0 Å². The Balaban J connectivity index is 1.85. The Morgan fingerprint density at radius 1 is 1.19 bits per heavy atom. The first kappa shape index (κ1) is 14.7. The molecular formula is C15H20F3N3. The van der Waals surface area contributed by atoms with E-state index in [0.29, 0.717) is 11.7 Å². The zero-order chi connectivity index (χ0) is 15.0. The Hall–Kier alpha value is -1.27. The van der Waals surface area contributed by atoms with E-state index in [1.807, 2.05) is 0 Å². The van der Waals surface area contributed by atoms with Crippen molar-refractivity contribution in [3.63, 3.8) is 0 Å². The fraction of sp³-hybridized carbons (Fsp3) is 0.600. The summed E-state index contributed by atoms with van der Waals surface area (Å²) in [5, 5.41) is 0. The van der Waals surface area contributed by atoms with Crippen LogP contribution >= 0.6 is 0 Å². The monoisotopic (exact) mass is 299 g/mol. The molecular weight excluding hydrogens is 279 g/mol. The second-order valence-electron chi connectivity index (χ2n) is 5.82. The maximum atomic E-state index is 13.1. The lowest BCUT2D eigenvalue weighted by Gasteiger charge is -2.39. The second-order valence-corrected chi connectivity index (χ2v) is 5.82. The molecule has 116 valence electrons. The van der Waals surface area contributed by atoms with Crippen LogP contribution in [0.5, 0.6) is 0 Å². The number of rotatable bonds is 2. The molecule has 1 aromatic rings. The van der Waals surface area contributed by atoms with Crippen molar-refractivity contribution in [2.75, 3.05) is 31.1 Å². The van der Waals surface area contributed by atoms with Crippen molar-refractivity contribution in [3.05, 3.63) is 29.3 Å². The van der Waals surface area contributed by atoms with E-state index in [4.69, 9.17) is 5.73 Å². The molecule has 3 nitrogen and oxygen atoms in total. The zero-order valence-electron chi connectivity index (χ0n) is 11.9. The van der Waals surface area contributed by atoms with Crippen molar-refractivity contribution in [1.82, 2.24) is 4.90 Å². The summed E-state index contributed by atoms with van der Waals surface area (Å²) in [6.07, 6.45) is -2.01. The minimum absolute atomic E-state index is 0.0917. The van der Waals surface area contributed by atoms with Gasteiger partial charge in [0.05, 0.1) is 5.56 Å². The van der Waals surface area contributed by atoms with Gasteiger partial charge in [0.25, 0.3) is 0 Å². The molecule has 1 aromatic carbocycles. The highest BCUT2D eigenvalue weighted by molar-refractivity contribution is 5.52. The smallest absolute Gasteiger partial charge is 0.369 e. The van der Waals surface area contributed by atoms with E-state index < -0.39 is 11.7 Å². The number of piperazine rings is 1. The van der Waals surface area contributed by atoms with Gasteiger partial charge in [0.1, 0.15) is 0 Å². The van der Waals surface area contributed by atoms with Crippen LogP contribution in [-0.4, -0.2) is 37.1 Å². The number of anilines is 1. The van der Waals surface area contributed by atoms with Gasteiger partial charge in [0.2, 0.25) is 0 Å². The van der Waals surface area contributed by atoms with Gasteiger partial charge in [-0.25, -0.2) is 0 Å². The van der Waals surface area contributed by atoms with Crippen LogP contribution in [0.3, 0.4) is 0 Å². The van der Waals surface area contributed by atoms with E-state index in [2.05, 4.69) is 9.80 Å². The maximum absolute atomic E-state index is 13.1. The van der Waals surface area contributed by atoms with Crippen LogP contribution in [0.1, 0.15) is 24.0 Å². The van der Waals surface area contributed by atoms with Crippen LogP contribution in [-0.2, 0) is 12.7 Å². The molecule has 0 radical (unpaired) electrons. The Bertz CT molecular complexity index is 515. The molecule has 6 heteroatoms. The highest BCUT2D eigenvalue weighted by atomic mass is 19.4. The molecule has 2 saturated heterocycles. The zero-order valence-corrected chi connectivity index (χ0v) is 11.9. The largest absolute Gasteiger partial charge is 0.416 e. The standard InChI is InChI=1S/C15H20F3N3/c16-15(17,18)14-8-12(4-3-11(14)9-19)21-7-6-20-5-1-2-13(20)10-21/h3-4,8,13H,1-2,5-7,9-10,19H2. The van der Waals surface area contributed by atoms with Crippen molar-refractivity contribution in [2.24, 2.45) is 5.73 Å². The van der Waals surface area contributed by atoms with Crippen LogP contribution in [0.25, 0.3) is 0 Å². The summed E-state index contributed by atoms with van der Waals surface area (Å²) in [4.78, 5) is 4.51. The lowest BCUT2D eigenvalue weighted by molar-refractivity contribution is -0.138. The third-order valence-corrected chi connectivity index (χ3v) is 4.57. The number of halogens is 3. The molecule has 2 heterocycles. The van der Waals surface area contributed by atoms with Crippen molar-refractivity contribution >= 4 is 5.69 Å². The Morgan fingerprint density at radius 3 is 2.71 bits per heavy atom. The first-order valence-electron chi connectivity index (χ1n) is 7.38. The van der Waals surface area contributed by atoms with Gasteiger partial charge in [-0.1, -0.05) is 6.07 Å². The van der Waals surface area contributed by atoms with Gasteiger partial charge in [-0.15, -0.1) is 0 Å². The van der Waals surface area contributed by atoms with Crippen LogP contribution in [0, 0.1) is 0 Å². The molecule has 2 N–H and O–H groups in total. The normalized spacial score (nSPS) is 23.4. The number of hydrogen-bond acceptors (Lipinski definition) is 3. The van der Waals surface area contributed by atoms with E-state index in [0.717, 1.165) is 32.6 Å². The molecule has 0 aromatic heterocycles. The second kappa shape index (κ2) is 5.50. The summed E-state index contributed by atoms with van der Waals surface area (Å²) in [5.41, 5.74) is 5.64. The van der Waals surface area contributed by atoms with Crippen molar-refractivity contribution < 1.29 is 13.2 Å². The summed E-state index contributed by atoms with van der Waals surface area (Å²) in [5.74, 6) is 0.